The molecule has 1 heterocycles. The Hall–Kier alpha value is -1.13. The highest BCUT2D eigenvalue weighted by atomic mass is 32.1. The lowest BCUT2D eigenvalue weighted by Crippen LogP contribution is -2.25. The van der Waals surface area contributed by atoms with Crippen LogP contribution in [0.1, 0.15) is 13.3 Å². The molecule has 0 aliphatic heterocycles. The average molecular weight is 235 g/mol. The molecule has 1 aromatic carbocycles. The summed E-state index contributed by atoms with van der Waals surface area (Å²) in [7, 11) is 2.10. The molecular weight excluding hydrogens is 218 g/mol. The van der Waals surface area contributed by atoms with Gasteiger partial charge in [-0.1, -0.05) is 12.1 Å². The highest BCUT2D eigenvalue weighted by molar-refractivity contribution is 7.11. The van der Waals surface area contributed by atoms with Crippen LogP contribution in [0.2, 0.25) is 0 Å². The lowest BCUT2D eigenvalue weighted by Gasteiger charge is -2.18. The Balaban J connectivity index is 2.19. The molecule has 0 bridgehead atoms. The minimum Gasteiger partial charge on any atom is -0.365 e. The van der Waals surface area contributed by atoms with Gasteiger partial charge in [-0.25, -0.2) is 0 Å². The fraction of sp³-hybridized carbons (Fsp3) is 0.417. The topological polar surface area (TPSA) is 42.1 Å². The average Bonchev–Trinajstić information content (AvgIpc) is 2.69. The van der Waals surface area contributed by atoms with Crippen molar-refractivity contribution in [3.63, 3.8) is 0 Å². The SMILES string of the molecule is CC(N)CCN(C)c1snc2ccccc12. The molecule has 0 aliphatic rings. The number of hydrogen-bond donors (Lipinski definition) is 1. The largest absolute Gasteiger partial charge is 0.365 e. The van der Waals surface area contributed by atoms with Crippen LogP contribution < -0.4 is 10.6 Å². The maximum atomic E-state index is 5.77. The van der Waals surface area contributed by atoms with E-state index in [1.54, 1.807) is 11.5 Å². The number of aromatic nitrogens is 1. The van der Waals surface area contributed by atoms with Crippen molar-refractivity contribution >= 4 is 27.4 Å². The van der Waals surface area contributed by atoms with Gasteiger partial charge in [-0.15, -0.1) is 0 Å². The van der Waals surface area contributed by atoms with Crippen molar-refractivity contribution in [3.05, 3.63) is 24.3 Å². The molecule has 0 spiro atoms. The quantitative estimate of drug-likeness (QED) is 0.885. The molecule has 0 saturated heterocycles. The molecule has 0 amide bonds. The summed E-state index contributed by atoms with van der Waals surface area (Å²) in [5, 5.41) is 2.47. The fourth-order valence-electron chi connectivity index (χ4n) is 1.65. The molecule has 86 valence electrons. The predicted molar refractivity (Wildman–Crippen MR) is 71.2 cm³/mol. The first kappa shape index (κ1) is 11.4. The first-order chi connectivity index (χ1) is 7.68. The summed E-state index contributed by atoms with van der Waals surface area (Å²) < 4.78 is 4.44. The molecule has 1 aromatic heterocycles. The van der Waals surface area contributed by atoms with Crippen LogP contribution in [0, 0.1) is 0 Å². The minimum absolute atomic E-state index is 0.252. The van der Waals surface area contributed by atoms with E-state index < -0.39 is 0 Å². The number of rotatable bonds is 4. The van der Waals surface area contributed by atoms with Gasteiger partial charge in [0.1, 0.15) is 5.00 Å². The highest BCUT2D eigenvalue weighted by Crippen LogP contribution is 2.30. The van der Waals surface area contributed by atoms with E-state index in [0.717, 1.165) is 18.5 Å². The van der Waals surface area contributed by atoms with Gasteiger partial charge < -0.3 is 10.6 Å². The molecule has 2 rings (SSSR count). The molecule has 2 aromatic rings. The van der Waals surface area contributed by atoms with E-state index in [0.29, 0.717) is 0 Å². The molecule has 1 atom stereocenters. The third kappa shape index (κ3) is 2.33. The number of fused-ring (bicyclic) bond motifs is 1. The molecule has 0 saturated carbocycles. The van der Waals surface area contributed by atoms with Crippen LogP contribution in [0.5, 0.6) is 0 Å². The molecule has 0 radical (unpaired) electrons. The summed E-state index contributed by atoms with van der Waals surface area (Å²) >= 11 is 1.56. The summed E-state index contributed by atoms with van der Waals surface area (Å²) in [5.41, 5.74) is 6.85. The molecule has 1 unspecified atom stereocenters. The standard InChI is InChI=1S/C12H17N3S/c1-9(13)7-8-15(2)12-10-5-3-4-6-11(10)14-16-12/h3-6,9H,7-8,13H2,1-2H3. The monoisotopic (exact) mass is 235 g/mol. The second kappa shape index (κ2) is 4.80. The summed E-state index contributed by atoms with van der Waals surface area (Å²) in [6.07, 6.45) is 1.00. The first-order valence-corrected chi connectivity index (χ1v) is 6.27. The second-order valence-electron chi connectivity index (χ2n) is 4.19. The van der Waals surface area contributed by atoms with Crippen molar-refractivity contribution in [2.24, 2.45) is 5.73 Å². The summed E-state index contributed by atoms with van der Waals surface area (Å²) in [4.78, 5) is 2.24. The van der Waals surface area contributed by atoms with E-state index in [-0.39, 0.29) is 6.04 Å². The van der Waals surface area contributed by atoms with Crippen LogP contribution in [0.15, 0.2) is 24.3 Å². The smallest absolute Gasteiger partial charge is 0.119 e. The molecule has 16 heavy (non-hydrogen) atoms. The van der Waals surface area contributed by atoms with Crippen LogP contribution in [0.25, 0.3) is 10.9 Å². The number of nitrogens with two attached hydrogens (primary N) is 1. The summed E-state index contributed by atoms with van der Waals surface area (Å²) in [6.45, 7) is 3.02. The minimum atomic E-state index is 0.252. The van der Waals surface area contributed by atoms with Crippen LogP contribution in [0.4, 0.5) is 5.00 Å². The Kier molecular flexibility index (Phi) is 3.41. The van der Waals surface area contributed by atoms with E-state index >= 15 is 0 Å². The Morgan fingerprint density at radius 1 is 1.44 bits per heavy atom. The Bertz CT molecular complexity index is 464. The lowest BCUT2D eigenvalue weighted by molar-refractivity contribution is 0.661. The van der Waals surface area contributed by atoms with Crippen LogP contribution in [-0.2, 0) is 0 Å². The van der Waals surface area contributed by atoms with Gasteiger partial charge in [0.05, 0.1) is 5.52 Å². The molecule has 0 aliphatic carbocycles. The van der Waals surface area contributed by atoms with E-state index in [9.17, 15) is 0 Å². The van der Waals surface area contributed by atoms with Gasteiger partial charge in [-0.05, 0) is 37.0 Å². The van der Waals surface area contributed by atoms with Gasteiger partial charge in [0.15, 0.2) is 0 Å². The van der Waals surface area contributed by atoms with Crippen LogP contribution in [0.3, 0.4) is 0 Å². The highest BCUT2D eigenvalue weighted by Gasteiger charge is 2.09. The third-order valence-electron chi connectivity index (χ3n) is 2.63. The second-order valence-corrected chi connectivity index (χ2v) is 4.94. The van der Waals surface area contributed by atoms with E-state index in [1.165, 1.54) is 10.4 Å². The van der Waals surface area contributed by atoms with Crippen molar-refractivity contribution in [1.82, 2.24) is 4.37 Å². The van der Waals surface area contributed by atoms with E-state index in [4.69, 9.17) is 5.73 Å². The zero-order chi connectivity index (χ0) is 11.5. The zero-order valence-electron chi connectivity index (χ0n) is 9.68. The van der Waals surface area contributed by atoms with Gasteiger partial charge in [0, 0.05) is 25.0 Å². The maximum Gasteiger partial charge on any atom is 0.119 e. The Morgan fingerprint density at radius 3 is 2.94 bits per heavy atom. The van der Waals surface area contributed by atoms with Gasteiger partial charge in [-0.3, -0.25) is 0 Å². The molecule has 4 heteroatoms. The first-order valence-electron chi connectivity index (χ1n) is 5.49. The van der Waals surface area contributed by atoms with E-state index in [1.807, 2.05) is 13.0 Å². The van der Waals surface area contributed by atoms with E-state index in [2.05, 4.69) is 34.5 Å². The Morgan fingerprint density at radius 2 is 2.19 bits per heavy atom. The van der Waals surface area contributed by atoms with Crippen molar-refractivity contribution in [3.8, 4) is 0 Å². The van der Waals surface area contributed by atoms with Gasteiger partial charge in [-0.2, -0.15) is 4.37 Å². The lowest BCUT2D eigenvalue weighted by atomic mass is 10.2. The normalized spacial score (nSPS) is 12.9. The van der Waals surface area contributed by atoms with Crippen LogP contribution >= 0.6 is 11.5 Å². The van der Waals surface area contributed by atoms with Crippen molar-refractivity contribution in [2.45, 2.75) is 19.4 Å². The molecule has 3 nitrogen and oxygen atoms in total. The van der Waals surface area contributed by atoms with Crippen molar-refractivity contribution in [2.75, 3.05) is 18.5 Å². The number of benzene rings is 1. The third-order valence-corrected chi connectivity index (χ3v) is 3.62. The van der Waals surface area contributed by atoms with Crippen LogP contribution in [-0.4, -0.2) is 24.0 Å². The molecule has 0 fully saturated rings. The molecule has 2 N–H and O–H groups in total. The van der Waals surface area contributed by atoms with Gasteiger partial charge >= 0.3 is 0 Å². The summed E-state index contributed by atoms with van der Waals surface area (Å²) in [6, 6.07) is 8.50. The maximum absolute atomic E-state index is 5.77. The van der Waals surface area contributed by atoms with Crippen molar-refractivity contribution in [1.29, 1.82) is 0 Å². The zero-order valence-corrected chi connectivity index (χ0v) is 10.5. The summed E-state index contributed by atoms with van der Waals surface area (Å²) in [5.74, 6) is 0. The number of anilines is 1. The molecular formula is C12H17N3S. The fourth-order valence-corrected chi connectivity index (χ4v) is 2.50. The van der Waals surface area contributed by atoms with Gasteiger partial charge in [0.25, 0.3) is 0 Å². The Labute approximate surface area is 100 Å². The van der Waals surface area contributed by atoms with Crippen molar-refractivity contribution < 1.29 is 0 Å². The van der Waals surface area contributed by atoms with Gasteiger partial charge in [0.2, 0.25) is 0 Å². The predicted octanol–water partition coefficient (Wildman–Crippen LogP) is 2.47. The number of nitrogens with zero attached hydrogens (tertiary/aromatic N) is 2. The number of hydrogen-bond acceptors (Lipinski definition) is 4.